The molecule has 0 aliphatic carbocycles. The van der Waals surface area contributed by atoms with Gasteiger partial charge in [0.1, 0.15) is 5.82 Å². The zero-order valence-electron chi connectivity index (χ0n) is 13.8. The van der Waals surface area contributed by atoms with Crippen molar-refractivity contribution in [3.05, 3.63) is 23.9 Å². The largest absolute Gasteiger partial charge is 0.363 e. The Kier molecular flexibility index (Phi) is 8.07. The van der Waals surface area contributed by atoms with Crippen LogP contribution in [0.5, 0.6) is 0 Å². The van der Waals surface area contributed by atoms with Gasteiger partial charge in [-0.05, 0) is 18.6 Å². The molecule has 23 heavy (non-hydrogen) atoms. The van der Waals surface area contributed by atoms with E-state index in [1.807, 2.05) is 37.2 Å². The quantitative estimate of drug-likeness (QED) is 0.371. The number of halogens is 1. The molecule has 8 heteroatoms. The molecule has 1 aromatic heterocycles. The van der Waals surface area contributed by atoms with Crippen LogP contribution in [0.15, 0.2) is 23.2 Å². The number of anilines is 1. The lowest BCUT2D eigenvalue weighted by molar-refractivity contribution is -0.122. The monoisotopic (exact) mass is 432 g/mol. The van der Waals surface area contributed by atoms with Crippen LogP contribution in [0.1, 0.15) is 18.5 Å². The third-order valence-corrected chi connectivity index (χ3v) is 3.52. The third-order valence-electron chi connectivity index (χ3n) is 3.52. The topological polar surface area (TPSA) is 81.7 Å². The molecule has 0 saturated carbocycles. The molecule has 0 radical (unpaired) electrons. The van der Waals surface area contributed by atoms with Gasteiger partial charge in [-0.3, -0.25) is 9.79 Å². The SMILES string of the molecule is CN=C(NCc1cccc(N(C)C)n1)NC1CCC(=O)NC1.I. The van der Waals surface area contributed by atoms with Gasteiger partial charge in [0.05, 0.1) is 12.2 Å². The van der Waals surface area contributed by atoms with Crippen LogP contribution in [-0.2, 0) is 11.3 Å². The minimum Gasteiger partial charge on any atom is -0.363 e. The van der Waals surface area contributed by atoms with Crippen LogP contribution in [0.2, 0.25) is 0 Å². The molecule has 0 bridgehead atoms. The fourth-order valence-electron chi connectivity index (χ4n) is 2.23. The number of guanidine groups is 1. The number of piperidine rings is 1. The summed E-state index contributed by atoms with van der Waals surface area (Å²) in [5, 5.41) is 9.43. The molecule has 1 fully saturated rings. The average molecular weight is 432 g/mol. The first kappa shape index (κ1) is 19.5. The molecule has 1 unspecified atom stereocenters. The lowest BCUT2D eigenvalue weighted by Crippen LogP contribution is -2.51. The Bertz CT molecular complexity index is 539. The summed E-state index contributed by atoms with van der Waals surface area (Å²) in [5.41, 5.74) is 0.950. The van der Waals surface area contributed by atoms with E-state index in [9.17, 15) is 4.79 Å². The van der Waals surface area contributed by atoms with Crippen molar-refractivity contribution < 1.29 is 4.79 Å². The highest BCUT2D eigenvalue weighted by Crippen LogP contribution is 2.07. The van der Waals surface area contributed by atoms with Gasteiger partial charge in [-0.1, -0.05) is 6.07 Å². The lowest BCUT2D eigenvalue weighted by Gasteiger charge is -2.25. The van der Waals surface area contributed by atoms with Gasteiger partial charge in [-0.25, -0.2) is 4.98 Å². The summed E-state index contributed by atoms with van der Waals surface area (Å²) in [6, 6.07) is 6.16. The predicted octanol–water partition coefficient (Wildman–Crippen LogP) is 0.709. The van der Waals surface area contributed by atoms with E-state index in [-0.39, 0.29) is 35.9 Å². The Morgan fingerprint density at radius 1 is 1.48 bits per heavy atom. The van der Waals surface area contributed by atoms with Crippen LogP contribution in [0, 0.1) is 0 Å². The molecule has 7 nitrogen and oxygen atoms in total. The lowest BCUT2D eigenvalue weighted by atomic mass is 10.1. The van der Waals surface area contributed by atoms with E-state index in [1.54, 1.807) is 7.05 Å². The van der Waals surface area contributed by atoms with E-state index in [4.69, 9.17) is 0 Å². The zero-order valence-corrected chi connectivity index (χ0v) is 16.1. The van der Waals surface area contributed by atoms with Crippen LogP contribution in [-0.4, -0.2) is 50.6 Å². The van der Waals surface area contributed by atoms with Crippen molar-refractivity contribution >= 4 is 41.7 Å². The summed E-state index contributed by atoms with van der Waals surface area (Å²) >= 11 is 0. The normalized spacial score (nSPS) is 17.8. The van der Waals surface area contributed by atoms with Crippen LogP contribution in [0.3, 0.4) is 0 Å². The Morgan fingerprint density at radius 3 is 2.87 bits per heavy atom. The fourth-order valence-corrected chi connectivity index (χ4v) is 2.23. The third kappa shape index (κ3) is 6.20. The Morgan fingerprint density at radius 2 is 2.26 bits per heavy atom. The number of carbonyl (C=O) groups is 1. The molecule has 1 atom stereocenters. The number of nitrogens with one attached hydrogen (secondary N) is 3. The number of carbonyl (C=O) groups excluding carboxylic acids is 1. The highest BCUT2D eigenvalue weighted by molar-refractivity contribution is 14.0. The number of amides is 1. The van der Waals surface area contributed by atoms with Gasteiger partial charge in [-0.2, -0.15) is 0 Å². The molecule has 2 heterocycles. The van der Waals surface area contributed by atoms with Crippen molar-refractivity contribution in [3.8, 4) is 0 Å². The van der Waals surface area contributed by atoms with Crippen LogP contribution >= 0.6 is 24.0 Å². The first-order valence-corrected chi connectivity index (χ1v) is 7.45. The van der Waals surface area contributed by atoms with Gasteiger partial charge in [0, 0.05) is 40.2 Å². The maximum Gasteiger partial charge on any atom is 0.220 e. The number of hydrogen-bond donors (Lipinski definition) is 3. The molecule has 128 valence electrons. The first-order chi connectivity index (χ1) is 10.6. The zero-order chi connectivity index (χ0) is 15.9. The molecule has 1 aromatic rings. The molecule has 0 aromatic carbocycles. The highest BCUT2D eigenvalue weighted by atomic mass is 127. The van der Waals surface area contributed by atoms with Crippen LogP contribution in [0.4, 0.5) is 5.82 Å². The molecule has 2 rings (SSSR count). The number of aliphatic imine (C=N–C) groups is 1. The Hall–Kier alpha value is -1.58. The minimum absolute atomic E-state index is 0. The molecule has 0 spiro atoms. The maximum atomic E-state index is 11.2. The van der Waals surface area contributed by atoms with Crippen LogP contribution < -0.4 is 20.9 Å². The predicted molar refractivity (Wildman–Crippen MR) is 103 cm³/mol. The number of rotatable bonds is 4. The van der Waals surface area contributed by atoms with Gasteiger partial charge in [0.2, 0.25) is 5.91 Å². The smallest absolute Gasteiger partial charge is 0.220 e. The summed E-state index contributed by atoms with van der Waals surface area (Å²) in [4.78, 5) is 21.9. The van der Waals surface area contributed by atoms with E-state index in [1.165, 1.54) is 0 Å². The van der Waals surface area contributed by atoms with E-state index < -0.39 is 0 Å². The highest BCUT2D eigenvalue weighted by Gasteiger charge is 2.18. The van der Waals surface area contributed by atoms with E-state index in [0.29, 0.717) is 19.5 Å². The molecule has 1 amide bonds. The summed E-state index contributed by atoms with van der Waals surface area (Å²) in [6.45, 7) is 1.23. The second-order valence-corrected chi connectivity index (χ2v) is 5.49. The number of aromatic nitrogens is 1. The minimum atomic E-state index is 0. The second-order valence-electron chi connectivity index (χ2n) is 5.49. The molecule has 3 N–H and O–H groups in total. The second kappa shape index (κ2) is 9.53. The van der Waals surface area contributed by atoms with Gasteiger partial charge < -0.3 is 20.9 Å². The fraction of sp³-hybridized carbons (Fsp3) is 0.533. The van der Waals surface area contributed by atoms with Crippen molar-refractivity contribution in [2.75, 3.05) is 32.6 Å². The van der Waals surface area contributed by atoms with Gasteiger partial charge in [0.15, 0.2) is 5.96 Å². The first-order valence-electron chi connectivity index (χ1n) is 7.45. The van der Waals surface area contributed by atoms with Crippen molar-refractivity contribution in [2.24, 2.45) is 4.99 Å². The van der Waals surface area contributed by atoms with E-state index in [0.717, 1.165) is 23.9 Å². The summed E-state index contributed by atoms with van der Waals surface area (Å²) in [7, 11) is 5.68. The number of nitrogens with zero attached hydrogens (tertiary/aromatic N) is 3. The standard InChI is InChI=1S/C15H24N6O.HI/c1-16-15(20-12-7-8-14(22)17-9-12)18-10-11-5-4-6-13(19-11)21(2)3;/h4-6,12H,7-10H2,1-3H3,(H,17,22)(H2,16,18,20);1H. The Balaban J connectivity index is 0.00000264. The van der Waals surface area contributed by atoms with E-state index in [2.05, 4.69) is 25.9 Å². The summed E-state index contributed by atoms with van der Waals surface area (Å²) in [5.74, 6) is 1.76. The van der Waals surface area contributed by atoms with Gasteiger partial charge >= 0.3 is 0 Å². The summed E-state index contributed by atoms with van der Waals surface area (Å²) in [6.07, 6.45) is 1.38. The molecular weight excluding hydrogens is 407 g/mol. The molecular formula is C15H25IN6O. The molecule has 1 aliphatic rings. The van der Waals surface area contributed by atoms with Gasteiger partial charge in [0.25, 0.3) is 0 Å². The van der Waals surface area contributed by atoms with Gasteiger partial charge in [-0.15, -0.1) is 24.0 Å². The van der Waals surface area contributed by atoms with E-state index >= 15 is 0 Å². The van der Waals surface area contributed by atoms with Crippen molar-refractivity contribution in [2.45, 2.75) is 25.4 Å². The number of hydrogen-bond acceptors (Lipinski definition) is 4. The van der Waals surface area contributed by atoms with Crippen molar-refractivity contribution in [3.63, 3.8) is 0 Å². The molecule has 1 saturated heterocycles. The van der Waals surface area contributed by atoms with Crippen molar-refractivity contribution in [1.82, 2.24) is 20.9 Å². The average Bonchev–Trinajstić information content (AvgIpc) is 2.53. The van der Waals surface area contributed by atoms with Crippen molar-refractivity contribution in [1.29, 1.82) is 0 Å². The van der Waals surface area contributed by atoms with Crippen LogP contribution in [0.25, 0.3) is 0 Å². The summed E-state index contributed by atoms with van der Waals surface area (Å²) < 4.78 is 0. The maximum absolute atomic E-state index is 11.2. The molecule has 1 aliphatic heterocycles. The Labute approximate surface area is 154 Å². The number of pyridine rings is 1.